The molecule has 5 heteroatoms. The largest absolute Gasteiger partial charge is 0.236 e. The second kappa shape index (κ2) is 12.1. The van der Waals surface area contributed by atoms with Crippen LogP contribution in [0.15, 0.2) is 170 Å². The minimum Gasteiger partial charge on any atom is -0.236 e. The summed E-state index contributed by atoms with van der Waals surface area (Å²) in [6.45, 7) is 0. The van der Waals surface area contributed by atoms with Gasteiger partial charge >= 0.3 is 0 Å². The highest BCUT2D eigenvalue weighted by Crippen LogP contribution is 2.39. The van der Waals surface area contributed by atoms with Gasteiger partial charge in [0.05, 0.1) is 10.2 Å². The van der Waals surface area contributed by atoms with Crippen LogP contribution in [0.2, 0.25) is 0 Å². The number of hydrogen-bond donors (Lipinski definition) is 0. The molecule has 51 heavy (non-hydrogen) atoms. The van der Waals surface area contributed by atoms with Crippen molar-refractivity contribution in [3.63, 3.8) is 0 Å². The zero-order valence-electron chi connectivity index (χ0n) is 27.4. The van der Waals surface area contributed by atoms with E-state index < -0.39 is 0 Å². The molecule has 0 radical (unpaired) electrons. The Balaban J connectivity index is 1.08. The lowest BCUT2D eigenvalue weighted by molar-refractivity contribution is 1.07. The SMILES string of the molecule is c1ccc(-c2cccc(-c3nc(-c4ccccc4)nc(-c4ccc5sc(-c6ccc7c8ccccc8c8ccccc8c7c6)nc5c4)n3)c2)cc1. The smallest absolute Gasteiger partial charge is 0.164 e. The normalized spacial score (nSPS) is 11.5. The maximum absolute atomic E-state index is 5.17. The van der Waals surface area contributed by atoms with E-state index in [2.05, 4.69) is 133 Å². The minimum absolute atomic E-state index is 0.615. The van der Waals surface area contributed by atoms with Gasteiger partial charge < -0.3 is 0 Å². The third-order valence-corrected chi connectivity index (χ3v) is 10.6. The first-order valence-electron chi connectivity index (χ1n) is 17.0. The molecular weight excluding hydrogens is 641 g/mol. The highest BCUT2D eigenvalue weighted by atomic mass is 32.1. The highest BCUT2D eigenvalue weighted by Gasteiger charge is 2.16. The molecule has 0 saturated heterocycles. The summed E-state index contributed by atoms with van der Waals surface area (Å²) in [7, 11) is 0. The van der Waals surface area contributed by atoms with Gasteiger partial charge in [0.2, 0.25) is 0 Å². The number of hydrogen-bond acceptors (Lipinski definition) is 5. The molecule has 0 bridgehead atoms. The van der Waals surface area contributed by atoms with E-state index in [1.165, 1.54) is 32.3 Å². The summed E-state index contributed by atoms with van der Waals surface area (Å²) < 4.78 is 1.12. The molecule has 0 spiro atoms. The quantitative estimate of drug-likeness (QED) is 0.171. The molecule has 0 N–H and O–H groups in total. The average Bonchev–Trinajstić information content (AvgIpc) is 3.65. The predicted octanol–water partition coefficient (Wildman–Crippen LogP) is 12.3. The summed E-state index contributed by atoms with van der Waals surface area (Å²) in [6.07, 6.45) is 0. The zero-order chi connectivity index (χ0) is 33.7. The van der Waals surface area contributed by atoms with Gasteiger partial charge in [-0.1, -0.05) is 140 Å². The van der Waals surface area contributed by atoms with E-state index in [-0.39, 0.29) is 0 Å². The Morgan fingerprint density at radius 3 is 1.45 bits per heavy atom. The first kappa shape index (κ1) is 29.4. The van der Waals surface area contributed by atoms with Gasteiger partial charge in [0, 0.05) is 22.3 Å². The van der Waals surface area contributed by atoms with Gasteiger partial charge in [0.1, 0.15) is 5.01 Å². The lowest BCUT2D eigenvalue weighted by Gasteiger charge is -2.11. The van der Waals surface area contributed by atoms with E-state index in [9.17, 15) is 0 Å². The molecule has 2 heterocycles. The molecule has 0 fully saturated rings. The average molecular weight is 669 g/mol. The first-order valence-corrected chi connectivity index (χ1v) is 17.8. The van der Waals surface area contributed by atoms with Crippen LogP contribution in [-0.2, 0) is 0 Å². The molecule has 0 aliphatic rings. The Bertz CT molecular complexity index is 2880. The van der Waals surface area contributed by atoms with Gasteiger partial charge in [-0.15, -0.1) is 11.3 Å². The van der Waals surface area contributed by atoms with Crippen LogP contribution in [0.25, 0.3) is 98.4 Å². The van der Waals surface area contributed by atoms with E-state index in [1.807, 2.05) is 36.4 Å². The van der Waals surface area contributed by atoms with Gasteiger partial charge in [-0.25, -0.2) is 19.9 Å². The summed E-state index contributed by atoms with van der Waals surface area (Å²) in [5.74, 6) is 1.88. The van der Waals surface area contributed by atoms with Gasteiger partial charge in [-0.2, -0.15) is 0 Å². The molecule has 0 aliphatic heterocycles. The Kier molecular flexibility index (Phi) is 6.96. The van der Waals surface area contributed by atoms with E-state index >= 15 is 0 Å². The fourth-order valence-electron chi connectivity index (χ4n) is 7.05. The van der Waals surface area contributed by atoms with Crippen molar-refractivity contribution in [2.45, 2.75) is 0 Å². The topological polar surface area (TPSA) is 51.6 Å². The molecule has 2 aromatic heterocycles. The third-order valence-electron chi connectivity index (χ3n) is 9.53. The monoisotopic (exact) mass is 668 g/mol. The minimum atomic E-state index is 0.615. The fraction of sp³-hybridized carbons (Fsp3) is 0. The molecule has 0 aliphatic carbocycles. The van der Waals surface area contributed by atoms with Crippen LogP contribution in [0.4, 0.5) is 0 Å². The summed E-state index contributed by atoms with van der Waals surface area (Å²) in [5, 5.41) is 8.55. The van der Waals surface area contributed by atoms with Gasteiger partial charge in [0.15, 0.2) is 17.5 Å². The van der Waals surface area contributed by atoms with E-state index in [0.717, 1.165) is 48.6 Å². The molecule has 0 atom stereocenters. The summed E-state index contributed by atoms with van der Waals surface area (Å²) >= 11 is 1.71. The first-order chi connectivity index (χ1) is 25.2. The number of aromatic nitrogens is 4. The van der Waals surface area contributed by atoms with E-state index in [1.54, 1.807) is 11.3 Å². The Labute approximate surface area is 298 Å². The fourth-order valence-corrected chi connectivity index (χ4v) is 7.99. The van der Waals surface area contributed by atoms with Gasteiger partial charge in [-0.05, 0) is 73.8 Å². The molecule has 4 nitrogen and oxygen atoms in total. The van der Waals surface area contributed by atoms with Gasteiger partial charge in [-0.3, -0.25) is 0 Å². The van der Waals surface area contributed by atoms with Crippen LogP contribution in [0.5, 0.6) is 0 Å². The van der Waals surface area contributed by atoms with Crippen molar-refractivity contribution in [3.8, 4) is 55.9 Å². The molecule has 0 amide bonds. The van der Waals surface area contributed by atoms with Crippen molar-refractivity contribution in [3.05, 3.63) is 170 Å². The van der Waals surface area contributed by atoms with Crippen LogP contribution >= 0.6 is 11.3 Å². The van der Waals surface area contributed by atoms with Crippen molar-refractivity contribution >= 4 is 53.9 Å². The number of benzene rings is 8. The maximum atomic E-state index is 5.17. The molecule has 0 saturated carbocycles. The van der Waals surface area contributed by atoms with Crippen LogP contribution in [0, 0.1) is 0 Å². The highest BCUT2D eigenvalue weighted by molar-refractivity contribution is 7.21. The predicted molar refractivity (Wildman–Crippen MR) is 213 cm³/mol. The second-order valence-corrected chi connectivity index (χ2v) is 13.7. The Morgan fingerprint density at radius 1 is 0.294 bits per heavy atom. The second-order valence-electron chi connectivity index (χ2n) is 12.7. The standard InChI is InChI=1S/C46H28N4S/c1-3-12-29(13-4-1)31-16-11-17-32(26-31)44-48-43(30-14-5-2-6-15-30)49-45(50-44)33-23-25-42-41(28-33)47-46(51-42)34-22-24-39-37-20-8-7-18-35(37)36-19-9-10-21-38(36)40(39)27-34/h1-28H. The van der Waals surface area contributed by atoms with Crippen LogP contribution < -0.4 is 0 Å². The third kappa shape index (κ3) is 5.23. The van der Waals surface area contributed by atoms with Crippen LogP contribution in [0.1, 0.15) is 0 Å². The lowest BCUT2D eigenvalue weighted by atomic mass is 9.93. The maximum Gasteiger partial charge on any atom is 0.164 e. The van der Waals surface area contributed by atoms with Crippen molar-refractivity contribution in [2.75, 3.05) is 0 Å². The number of fused-ring (bicyclic) bond motifs is 7. The number of rotatable bonds is 5. The molecule has 10 aromatic rings. The molecule has 10 rings (SSSR count). The summed E-state index contributed by atoms with van der Waals surface area (Å²) in [5.41, 5.74) is 7.07. The molecule has 8 aromatic carbocycles. The summed E-state index contributed by atoms with van der Waals surface area (Å²) in [4.78, 5) is 20.2. The van der Waals surface area contributed by atoms with Crippen LogP contribution in [-0.4, -0.2) is 19.9 Å². The number of thiazole rings is 1. The van der Waals surface area contributed by atoms with Crippen molar-refractivity contribution < 1.29 is 0 Å². The summed E-state index contributed by atoms with van der Waals surface area (Å²) in [6, 6.07) is 59.3. The molecular formula is C46H28N4S. The van der Waals surface area contributed by atoms with E-state index in [0.29, 0.717) is 17.5 Å². The van der Waals surface area contributed by atoms with E-state index in [4.69, 9.17) is 19.9 Å². The molecule has 0 unspecified atom stereocenters. The van der Waals surface area contributed by atoms with Crippen molar-refractivity contribution in [1.29, 1.82) is 0 Å². The Hall–Kier alpha value is -6.56. The van der Waals surface area contributed by atoms with Crippen molar-refractivity contribution in [2.24, 2.45) is 0 Å². The van der Waals surface area contributed by atoms with Gasteiger partial charge in [0.25, 0.3) is 0 Å². The Morgan fingerprint density at radius 2 is 0.784 bits per heavy atom. The van der Waals surface area contributed by atoms with Crippen molar-refractivity contribution in [1.82, 2.24) is 19.9 Å². The zero-order valence-corrected chi connectivity index (χ0v) is 28.2. The van der Waals surface area contributed by atoms with Crippen LogP contribution in [0.3, 0.4) is 0 Å². The number of nitrogens with zero attached hydrogens (tertiary/aromatic N) is 4. The lowest BCUT2D eigenvalue weighted by Crippen LogP contribution is -2.00. The molecule has 238 valence electrons.